The Hall–Kier alpha value is -1.96. The molecule has 2 aliphatic heterocycles. The molecule has 0 amide bonds. The molecule has 0 saturated heterocycles. The molecule has 0 spiro atoms. The van der Waals surface area contributed by atoms with Crippen LogP contribution in [0.15, 0.2) is 80.3 Å². The van der Waals surface area contributed by atoms with E-state index in [1.54, 1.807) is 16.7 Å². The normalized spacial score (nSPS) is 22.7. The number of hydrogen-bond donors (Lipinski definition) is 2. The lowest BCUT2D eigenvalue weighted by atomic mass is 9.89. The summed E-state index contributed by atoms with van der Waals surface area (Å²) in [6.45, 7) is 6.34. The Morgan fingerprint density at radius 2 is 1.92 bits per heavy atom. The van der Waals surface area contributed by atoms with E-state index in [2.05, 4.69) is 6.08 Å². The second-order valence-corrected chi connectivity index (χ2v) is 14.4. The summed E-state index contributed by atoms with van der Waals surface area (Å²) in [7, 11) is -8.43. The van der Waals surface area contributed by atoms with Gasteiger partial charge in [0, 0.05) is 21.0 Å². The predicted molar refractivity (Wildman–Crippen MR) is 154 cm³/mol. The molecular formula is C26H31NO7S4. The van der Waals surface area contributed by atoms with E-state index < -0.39 is 26.1 Å². The fraction of sp³-hybridized carbons (Fsp3) is 0.385. The minimum atomic E-state index is -4.28. The molecule has 2 unspecified atom stereocenters. The molecule has 4 rings (SSSR count). The van der Waals surface area contributed by atoms with E-state index in [-0.39, 0.29) is 23.3 Å². The Morgan fingerprint density at radius 1 is 1.16 bits per heavy atom. The van der Waals surface area contributed by atoms with Gasteiger partial charge >= 0.3 is 0 Å². The van der Waals surface area contributed by atoms with E-state index in [1.807, 2.05) is 63.3 Å². The summed E-state index contributed by atoms with van der Waals surface area (Å²) in [6.07, 6.45) is 10.7. The average molecular weight is 598 g/mol. The number of benzene rings is 1. The maximum atomic E-state index is 11.8. The van der Waals surface area contributed by atoms with Gasteiger partial charge in [0.25, 0.3) is 20.2 Å². The summed E-state index contributed by atoms with van der Waals surface area (Å²) in [5.74, 6) is -0.260. The topological polar surface area (TPSA) is 121 Å². The van der Waals surface area contributed by atoms with Crippen LogP contribution in [0.3, 0.4) is 0 Å². The lowest BCUT2D eigenvalue weighted by Gasteiger charge is -2.21. The van der Waals surface area contributed by atoms with Gasteiger partial charge in [-0.2, -0.15) is 16.8 Å². The number of allylic oxidation sites excluding steroid dienone is 6. The summed E-state index contributed by atoms with van der Waals surface area (Å²) >= 11 is 3.06. The van der Waals surface area contributed by atoms with E-state index >= 15 is 0 Å². The predicted octanol–water partition coefficient (Wildman–Crippen LogP) is 5.68. The van der Waals surface area contributed by atoms with Crippen LogP contribution in [0.25, 0.3) is 0 Å². The molecule has 3 aliphatic rings. The Labute approximate surface area is 233 Å². The van der Waals surface area contributed by atoms with Crippen molar-refractivity contribution in [2.45, 2.75) is 43.8 Å². The van der Waals surface area contributed by atoms with Gasteiger partial charge < -0.3 is 9.64 Å². The molecule has 2 atom stereocenters. The number of ether oxygens (including phenoxy) is 1. The molecule has 0 aromatic heterocycles. The second kappa shape index (κ2) is 11.6. The highest BCUT2D eigenvalue weighted by Crippen LogP contribution is 2.49. The van der Waals surface area contributed by atoms with E-state index in [0.717, 1.165) is 38.0 Å². The molecule has 12 heteroatoms. The van der Waals surface area contributed by atoms with E-state index in [4.69, 9.17) is 4.74 Å². The van der Waals surface area contributed by atoms with Gasteiger partial charge in [-0.15, -0.1) is 11.8 Å². The Kier molecular flexibility index (Phi) is 8.90. The first-order valence-corrected chi connectivity index (χ1v) is 17.1. The SMILES string of the molecule is CCOC1=CC2C(CCS(=O)(=O)O)=C(/C=C(/C=C3\Sc4ccc(C)cc4N3CS(=O)(=O)O)CC)SC2C=C1. The highest BCUT2D eigenvalue weighted by molar-refractivity contribution is 8.04. The third-order valence-electron chi connectivity index (χ3n) is 6.28. The van der Waals surface area contributed by atoms with Gasteiger partial charge in [-0.1, -0.05) is 30.8 Å². The Balaban J connectivity index is 1.73. The highest BCUT2D eigenvalue weighted by Gasteiger charge is 2.35. The van der Waals surface area contributed by atoms with Crippen molar-refractivity contribution in [1.29, 1.82) is 0 Å². The number of anilines is 1. The quantitative estimate of drug-likeness (QED) is 0.326. The zero-order valence-electron chi connectivity index (χ0n) is 21.3. The number of nitrogens with zero attached hydrogens (tertiary/aromatic N) is 1. The van der Waals surface area contributed by atoms with Gasteiger partial charge in [0.15, 0.2) is 5.88 Å². The van der Waals surface area contributed by atoms with Crippen molar-refractivity contribution >= 4 is 49.4 Å². The monoisotopic (exact) mass is 597 g/mol. The van der Waals surface area contributed by atoms with Crippen LogP contribution in [0.5, 0.6) is 0 Å². The zero-order chi connectivity index (χ0) is 27.7. The van der Waals surface area contributed by atoms with E-state index in [9.17, 15) is 25.9 Å². The van der Waals surface area contributed by atoms with Crippen LogP contribution in [0.1, 0.15) is 32.3 Å². The largest absolute Gasteiger partial charge is 0.494 e. The van der Waals surface area contributed by atoms with Crippen molar-refractivity contribution in [3.05, 3.63) is 81.0 Å². The van der Waals surface area contributed by atoms with Gasteiger partial charge in [0.2, 0.25) is 0 Å². The first kappa shape index (κ1) is 29.0. The van der Waals surface area contributed by atoms with Gasteiger partial charge in [-0.05, 0) is 79.8 Å². The van der Waals surface area contributed by atoms with Crippen molar-refractivity contribution in [1.82, 2.24) is 0 Å². The number of fused-ring (bicyclic) bond motifs is 2. The molecule has 2 N–H and O–H groups in total. The summed E-state index contributed by atoms with van der Waals surface area (Å²) in [4.78, 5) is 3.42. The molecule has 0 fully saturated rings. The molecule has 1 aromatic carbocycles. The van der Waals surface area contributed by atoms with E-state index in [1.165, 1.54) is 11.8 Å². The second-order valence-electron chi connectivity index (χ2n) is 9.16. The van der Waals surface area contributed by atoms with Crippen molar-refractivity contribution in [2.75, 3.05) is 23.1 Å². The number of hydrogen-bond acceptors (Lipinski definition) is 8. The van der Waals surface area contributed by atoms with Crippen LogP contribution in [0.2, 0.25) is 0 Å². The molecule has 38 heavy (non-hydrogen) atoms. The first-order chi connectivity index (χ1) is 17.9. The molecular weight excluding hydrogens is 567 g/mol. The van der Waals surface area contributed by atoms with Crippen LogP contribution < -0.4 is 4.90 Å². The molecule has 1 aliphatic carbocycles. The third kappa shape index (κ3) is 7.16. The van der Waals surface area contributed by atoms with Crippen LogP contribution in [-0.2, 0) is 25.0 Å². The fourth-order valence-corrected chi connectivity index (χ4v) is 8.27. The molecule has 8 nitrogen and oxygen atoms in total. The number of thioether (sulfide) groups is 2. The lowest BCUT2D eigenvalue weighted by Crippen LogP contribution is -2.25. The van der Waals surface area contributed by atoms with Crippen LogP contribution in [0, 0.1) is 12.8 Å². The molecule has 2 heterocycles. The summed E-state index contributed by atoms with van der Waals surface area (Å²) in [5, 5.41) is 0.756. The zero-order valence-corrected chi connectivity index (χ0v) is 24.6. The smallest absolute Gasteiger partial charge is 0.283 e. The van der Waals surface area contributed by atoms with Gasteiger partial charge in [-0.25, -0.2) is 0 Å². The number of aryl methyl sites for hydroxylation is 1. The first-order valence-electron chi connectivity index (χ1n) is 12.2. The average Bonchev–Trinajstić information content (AvgIpc) is 3.32. The summed E-state index contributed by atoms with van der Waals surface area (Å²) < 4.78 is 71.6. The summed E-state index contributed by atoms with van der Waals surface area (Å²) in [6, 6.07) is 5.79. The fourth-order valence-electron chi connectivity index (χ4n) is 4.54. The van der Waals surface area contributed by atoms with Crippen molar-refractivity contribution < 1.29 is 30.7 Å². The molecule has 0 radical (unpaired) electrons. The van der Waals surface area contributed by atoms with Crippen LogP contribution in [-0.4, -0.2) is 49.4 Å². The van der Waals surface area contributed by atoms with Crippen LogP contribution in [0.4, 0.5) is 5.69 Å². The maximum Gasteiger partial charge on any atom is 0.283 e. The minimum Gasteiger partial charge on any atom is -0.494 e. The minimum absolute atomic E-state index is 0.0607. The number of rotatable bonds is 10. The molecule has 1 aromatic rings. The van der Waals surface area contributed by atoms with Crippen LogP contribution >= 0.6 is 23.5 Å². The third-order valence-corrected chi connectivity index (χ3v) is 10.1. The summed E-state index contributed by atoms with van der Waals surface area (Å²) in [5.41, 5.74) is 3.53. The Morgan fingerprint density at radius 3 is 2.58 bits per heavy atom. The highest BCUT2D eigenvalue weighted by atomic mass is 32.2. The standard InChI is InChI=1S/C26H31NO7S4/c1-4-18(14-26-27(16-38(31,32)33)22-12-17(3)6-8-24(22)36-26)13-25-20(10-11-37(28,29)30)21-15-19(34-5-2)7-9-23(21)35-25/h6-9,12-15,21,23H,4-5,10-11,16H2,1-3H3,(H,28,29,30)(H,31,32,33)/b18-13+,26-14-. The van der Waals surface area contributed by atoms with E-state index in [0.29, 0.717) is 18.1 Å². The molecule has 0 saturated carbocycles. The maximum absolute atomic E-state index is 11.8. The van der Waals surface area contributed by atoms with Crippen molar-refractivity contribution in [3.63, 3.8) is 0 Å². The van der Waals surface area contributed by atoms with Crippen molar-refractivity contribution in [2.24, 2.45) is 5.92 Å². The van der Waals surface area contributed by atoms with Crippen molar-refractivity contribution in [3.8, 4) is 0 Å². The molecule has 0 bridgehead atoms. The van der Waals surface area contributed by atoms with Gasteiger partial charge in [0.05, 0.1) is 23.1 Å². The lowest BCUT2D eigenvalue weighted by molar-refractivity contribution is 0.238. The molecule has 206 valence electrons. The Bertz CT molecular complexity index is 1470. The van der Waals surface area contributed by atoms with Gasteiger partial charge in [-0.3, -0.25) is 9.11 Å². The van der Waals surface area contributed by atoms with Gasteiger partial charge in [0.1, 0.15) is 5.76 Å².